The molecule has 0 bridgehead atoms. The number of nitrogens with one attached hydrogen (secondary N) is 2. The first-order valence-electron chi connectivity index (χ1n) is 13.0. The van der Waals surface area contributed by atoms with E-state index in [4.69, 9.17) is 10.5 Å². The van der Waals surface area contributed by atoms with E-state index in [9.17, 15) is 35.2 Å². The number of pyridine rings is 1. The van der Waals surface area contributed by atoms with Crippen molar-refractivity contribution in [3.8, 4) is 23.1 Å². The average Bonchev–Trinajstić information content (AvgIpc) is 3.56. The molecule has 3 heterocycles. The fourth-order valence-electron chi connectivity index (χ4n) is 4.37. The number of aromatic nitrogens is 4. The molecule has 0 unspecified atom stereocenters. The highest BCUT2D eigenvalue weighted by Crippen LogP contribution is 2.34. The van der Waals surface area contributed by atoms with Crippen molar-refractivity contribution in [2.24, 2.45) is 0 Å². The molecule has 45 heavy (non-hydrogen) atoms. The number of anilines is 2. The van der Waals surface area contributed by atoms with Crippen molar-refractivity contribution in [3.63, 3.8) is 0 Å². The summed E-state index contributed by atoms with van der Waals surface area (Å²) in [5, 5.41) is 4.39. The number of para-hydroxylation sites is 1. The molecule has 0 amide bonds. The van der Waals surface area contributed by atoms with Crippen molar-refractivity contribution in [3.05, 3.63) is 83.3 Å². The van der Waals surface area contributed by atoms with Gasteiger partial charge >= 0.3 is 6.61 Å². The van der Waals surface area contributed by atoms with Crippen LogP contribution in [0.2, 0.25) is 0 Å². The monoisotopic (exact) mass is 650 g/mol. The van der Waals surface area contributed by atoms with Crippen molar-refractivity contribution in [1.82, 2.24) is 19.7 Å². The Morgan fingerprint density at radius 1 is 1.13 bits per heavy atom. The molecule has 3 aromatic heterocycles. The van der Waals surface area contributed by atoms with Crippen molar-refractivity contribution >= 4 is 38.2 Å². The number of hydrogen-bond acceptors (Lipinski definition) is 8. The molecule has 0 saturated carbocycles. The van der Waals surface area contributed by atoms with Crippen LogP contribution >= 0.6 is 0 Å². The van der Waals surface area contributed by atoms with E-state index >= 15 is 0 Å². The second-order valence-electron chi connectivity index (χ2n) is 9.61. The quantitative estimate of drug-likeness (QED) is 0.116. The fourth-order valence-corrected chi connectivity index (χ4v) is 5.46. The molecule has 0 aliphatic carbocycles. The van der Waals surface area contributed by atoms with Crippen molar-refractivity contribution in [1.29, 1.82) is 0 Å². The summed E-state index contributed by atoms with van der Waals surface area (Å²) in [5.74, 6) is -4.42. The number of halogens is 5. The van der Waals surface area contributed by atoms with Crippen LogP contribution in [0.1, 0.15) is 28.0 Å². The Morgan fingerprint density at radius 2 is 1.87 bits per heavy atom. The molecule has 17 heteroatoms. The van der Waals surface area contributed by atoms with Gasteiger partial charge in [-0.3, -0.25) is 13.9 Å². The van der Waals surface area contributed by atoms with Gasteiger partial charge in [-0.15, -0.1) is 0 Å². The third-order valence-corrected chi connectivity index (χ3v) is 7.81. The lowest BCUT2D eigenvalue weighted by atomic mass is 10.1. The maximum Gasteiger partial charge on any atom is 0.387 e. The number of alkyl halides is 3. The highest BCUT2D eigenvalue weighted by atomic mass is 32.2. The Morgan fingerprint density at radius 3 is 2.53 bits per heavy atom. The number of nitrogen functional groups attached to an aromatic ring is 1. The Kier molecular flexibility index (Phi) is 8.63. The Balaban J connectivity index is 1.43. The van der Waals surface area contributed by atoms with Crippen LogP contribution in [0.5, 0.6) is 17.4 Å². The molecule has 236 valence electrons. The molecule has 5 rings (SSSR count). The Bertz CT molecular complexity index is 1990. The van der Waals surface area contributed by atoms with Crippen LogP contribution in [0.3, 0.4) is 0 Å². The minimum absolute atomic E-state index is 0.0396. The van der Waals surface area contributed by atoms with Gasteiger partial charge in [-0.25, -0.2) is 26.9 Å². The summed E-state index contributed by atoms with van der Waals surface area (Å²) in [6.45, 7) is -2.56. The van der Waals surface area contributed by atoms with E-state index in [0.717, 1.165) is 24.3 Å². The first kappa shape index (κ1) is 31.2. The summed E-state index contributed by atoms with van der Waals surface area (Å²) in [7, 11) is -4.10. The molecule has 0 fully saturated rings. The van der Waals surface area contributed by atoms with Crippen molar-refractivity contribution in [2.45, 2.75) is 20.0 Å². The number of aryl methyl sites for hydroxylation is 1. The van der Waals surface area contributed by atoms with Gasteiger partial charge in [0, 0.05) is 17.0 Å². The van der Waals surface area contributed by atoms with Crippen LogP contribution in [0.4, 0.5) is 33.5 Å². The second-order valence-corrected chi connectivity index (χ2v) is 11.4. The number of ether oxygens (including phenoxy) is 2. The molecule has 4 N–H and O–H groups in total. The number of H-pyrrole nitrogens is 1. The number of sulfonamides is 1. The normalized spacial score (nSPS) is 11.7. The lowest BCUT2D eigenvalue weighted by molar-refractivity contribution is -0.0492. The van der Waals surface area contributed by atoms with E-state index in [1.165, 1.54) is 35.3 Å². The van der Waals surface area contributed by atoms with Gasteiger partial charge in [0.2, 0.25) is 27.4 Å². The molecular weight excluding hydrogens is 627 g/mol. The number of rotatable bonds is 12. The zero-order valence-corrected chi connectivity index (χ0v) is 24.0. The smallest absolute Gasteiger partial charge is 0.387 e. The number of ketones is 1. The fraction of sp³-hybridized carbons (Fsp3) is 0.179. The molecule has 0 aliphatic rings. The van der Waals surface area contributed by atoms with E-state index in [1.807, 2.05) is 0 Å². The van der Waals surface area contributed by atoms with Crippen LogP contribution in [-0.2, 0) is 10.0 Å². The number of hydrogen-bond donors (Lipinski definition) is 3. The maximum atomic E-state index is 14.0. The molecule has 0 aliphatic heterocycles. The first-order valence-corrected chi connectivity index (χ1v) is 14.7. The Hall–Kier alpha value is -5.19. The minimum atomic E-state index is -4.10. The highest BCUT2D eigenvalue weighted by Gasteiger charge is 2.23. The zero-order valence-electron chi connectivity index (χ0n) is 23.2. The summed E-state index contributed by atoms with van der Waals surface area (Å²) in [5.41, 5.74) is 6.81. The lowest BCUT2D eigenvalue weighted by Gasteiger charge is -2.13. The van der Waals surface area contributed by atoms with Gasteiger partial charge in [0.25, 0.3) is 0 Å². The van der Waals surface area contributed by atoms with Crippen LogP contribution < -0.4 is 19.9 Å². The largest absolute Gasteiger partial charge is 0.433 e. The predicted molar refractivity (Wildman–Crippen MR) is 153 cm³/mol. The molecule has 0 atom stereocenters. The number of nitrogens with zero attached hydrogens (tertiary/aromatic N) is 3. The number of carbonyl (C=O) groups excluding carboxylic acids is 1. The lowest BCUT2D eigenvalue weighted by Crippen LogP contribution is -2.18. The molecule has 0 spiro atoms. The first-order chi connectivity index (χ1) is 21.4. The summed E-state index contributed by atoms with van der Waals surface area (Å²) in [6, 6.07) is 8.25. The molecule has 0 radical (unpaired) electrons. The molecular formula is C28H23F5N6O5S. The number of benzene rings is 2. The number of carbonyl (C=O) groups is 1. The van der Waals surface area contributed by atoms with Crippen LogP contribution in [0.25, 0.3) is 16.6 Å². The second kappa shape index (κ2) is 12.4. The summed E-state index contributed by atoms with van der Waals surface area (Å²) in [6.07, 6.45) is 2.17. The third kappa shape index (κ3) is 6.67. The van der Waals surface area contributed by atoms with E-state index in [-0.39, 0.29) is 46.0 Å². The third-order valence-electron chi connectivity index (χ3n) is 6.46. The van der Waals surface area contributed by atoms with Crippen LogP contribution in [-0.4, -0.2) is 53.0 Å². The van der Waals surface area contributed by atoms with Gasteiger partial charge in [0.1, 0.15) is 5.82 Å². The molecule has 11 nitrogen and oxygen atoms in total. The predicted octanol–water partition coefficient (Wildman–Crippen LogP) is 5.64. The van der Waals surface area contributed by atoms with Crippen molar-refractivity contribution in [2.75, 3.05) is 22.9 Å². The number of fused-ring (bicyclic) bond motifs is 1. The van der Waals surface area contributed by atoms with Gasteiger partial charge in [-0.1, -0.05) is 6.07 Å². The minimum Gasteiger partial charge on any atom is -0.433 e. The van der Waals surface area contributed by atoms with Crippen LogP contribution in [0.15, 0.2) is 54.9 Å². The van der Waals surface area contributed by atoms with E-state index in [0.29, 0.717) is 11.3 Å². The Labute approximate surface area is 251 Å². The van der Waals surface area contributed by atoms with Gasteiger partial charge < -0.3 is 20.2 Å². The average molecular weight is 651 g/mol. The van der Waals surface area contributed by atoms with Gasteiger partial charge in [-0.05, 0) is 49.2 Å². The van der Waals surface area contributed by atoms with Gasteiger partial charge in [0.15, 0.2) is 17.4 Å². The summed E-state index contributed by atoms with van der Waals surface area (Å²) >= 11 is 0. The van der Waals surface area contributed by atoms with E-state index < -0.39 is 58.0 Å². The molecule has 0 saturated heterocycles. The highest BCUT2D eigenvalue weighted by molar-refractivity contribution is 7.92. The van der Waals surface area contributed by atoms with Crippen LogP contribution in [0, 0.1) is 18.6 Å². The standard InChI is InChI=1S/C28H23F5N6O5S/c1-14-8-24(44-26-17(30)4-2-5-18(26)31)35-13-22(14)39-27(34)16(12-36-39)25(40)21-9-15-10-23(43-28(32)33)20(11-19(15)37-21)38-45(41,42)7-3-6-29/h2,4-5,8-13,28,37-38H,3,6-7,34H2,1H3. The number of nitrogens with two attached hydrogens (primary N) is 1. The molecule has 5 aromatic rings. The zero-order chi connectivity index (χ0) is 32.5. The molecule has 2 aromatic carbocycles. The SMILES string of the molecule is Cc1cc(Oc2c(F)cccc2F)ncc1-n1ncc(C(=O)c2cc3cc(OC(F)F)c(NS(=O)(=O)CCCF)cc3[nH]2)c1N. The van der Waals surface area contributed by atoms with E-state index in [2.05, 4.69) is 24.5 Å². The summed E-state index contributed by atoms with van der Waals surface area (Å²) in [4.78, 5) is 20.3. The maximum absolute atomic E-state index is 14.0. The van der Waals surface area contributed by atoms with Gasteiger partial charge in [-0.2, -0.15) is 13.9 Å². The number of aromatic amines is 1. The van der Waals surface area contributed by atoms with Crippen molar-refractivity contribution < 1.29 is 44.6 Å². The summed E-state index contributed by atoms with van der Waals surface area (Å²) < 4.78 is 104. The van der Waals surface area contributed by atoms with Gasteiger partial charge in [0.05, 0.1) is 47.5 Å². The van der Waals surface area contributed by atoms with E-state index in [1.54, 1.807) is 6.92 Å². The topological polar surface area (TPSA) is 154 Å².